The molecule has 0 saturated heterocycles. The normalized spacial score (nSPS) is 10.7. The number of nitrogens with zero attached hydrogens (tertiary/aromatic N) is 1. The number of aromatic nitrogens is 1. The molecular formula is C23H22N4O4. The Balaban J connectivity index is 1.32. The first-order valence-electron chi connectivity index (χ1n) is 9.72. The Bertz CT molecular complexity index is 1190. The highest BCUT2D eigenvalue weighted by Crippen LogP contribution is 2.24. The van der Waals surface area contributed by atoms with Gasteiger partial charge in [0.05, 0.1) is 12.1 Å². The zero-order chi connectivity index (χ0) is 21.6. The molecule has 31 heavy (non-hydrogen) atoms. The zero-order valence-electron chi connectivity index (χ0n) is 16.7. The van der Waals surface area contributed by atoms with Crippen LogP contribution in [0.25, 0.3) is 11.0 Å². The van der Waals surface area contributed by atoms with Gasteiger partial charge in [-0.15, -0.1) is 0 Å². The molecule has 4 rings (SSSR count). The number of nitrogens with one attached hydrogen (secondary N) is 1. The number of nitrogens with two attached hydrogens (primary N) is 2. The maximum absolute atomic E-state index is 12.3. The first kappa shape index (κ1) is 20.1. The highest BCUT2D eigenvalue weighted by atomic mass is 16.5. The molecule has 0 atom stereocenters. The average Bonchev–Trinajstić information content (AvgIpc) is 3.18. The van der Waals surface area contributed by atoms with Crippen molar-refractivity contribution in [1.29, 1.82) is 0 Å². The van der Waals surface area contributed by atoms with E-state index in [0.29, 0.717) is 30.3 Å². The van der Waals surface area contributed by atoms with Gasteiger partial charge in [-0.05, 0) is 42.5 Å². The van der Waals surface area contributed by atoms with Gasteiger partial charge in [-0.1, -0.05) is 18.2 Å². The summed E-state index contributed by atoms with van der Waals surface area (Å²) in [6.45, 7) is 1.04. The van der Waals surface area contributed by atoms with E-state index in [1.54, 1.807) is 0 Å². The van der Waals surface area contributed by atoms with E-state index in [2.05, 4.69) is 10.3 Å². The maximum Gasteiger partial charge on any atom is 0.255 e. The molecule has 0 spiro atoms. The minimum atomic E-state index is -0.354. The molecule has 0 fully saturated rings. The molecule has 8 heteroatoms. The van der Waals surface area contributed by atoms with Crippen molar-refractivity contribution in [2.45, 2.75) is 6.54 Å². The van der Waals surface area contributed by atoms with Gasteiger partial charge in [0, 0.05) is 11.5 Å². The molecule has 5 N–H and O–H groups in total. The lowest BCUT2D eigenvalue weighted by atomic mass is 10.2. The number of hydrogen-bond acceptors (Lipinski definition) is 7. The maximum atomic E-state index is 12.3. The van der Waals surface area contributed by atoms with Crippen molar-refractivity contribution in [2.75, 3.05) is 24.7 Å². The monoisotopic (exact) mass is 418 g/mol. The third-order valence-electron chi connectivity index (χ3n) is 4.52. The van der Waals surface area contributed by atoms with Crippen molar-refractivity contribution < 1.29 is 18.7 Å². The van der Waals surface area contributed by atoms with Crippen LogP contribution >= 0.6 is 0 Å². The number of rotatable bonds is 8. The van der Waals surface area contributed by atoms with Crippen LogP contribution in [0.5, 0.6) is 11.5 Å². The number of benzene rings is 2. The molecule has 2 aromatic heterocycles. The summed E-state index contributed by atoms with van der Waals surface area (Å²) >= 11 is 0. The van der Waals surface area contributed by atoms with Crippen LogP contribution in [-0.2, 0) is 6.54 Å². The first-order valence-corrected chi connectivity index (χ1v) is 9.72. The molecule has 1 amide bonds. The Labute approximate surface area is 178 Å². The quantitative estimate of drug-likeness (QED) is 0.375. The number of amides is 1. The van der Waals surface area contributed by atoms with E-state index in [4.69, 9.17) is 25.4 Å². The van der Waals surface area contributed by atoms with E-state index in [-0.39, 0.29) is 29.7 Å². The van der Waals surface area contributed by atoms with Crippen LogP contribution in [0.3, 0.4) is 0 Å². The summed E-state index contributed by atoms with van der Waals surface area (Å²) in [5, 5.41) is 3.68. The number of carbonyl (C=O) groups is 1. The van der Waals surface area contributed by atoms with Gasteiger partial charge in [0.25, 0.3) is 5.91 Å². The van der Waals surface area contributed by atoms with E-state index in [0.717, 1.165) is 11.1 Å². The van der Waals surface area contributed by atoms with E-state index < -0.39 is 0 Å². The second-order valence-electron chi connectivity index (χ2n) is 6.77. The fraction of sp³-hybridized carbons (Fsp3) is 0.130. The lowest BCUT2D eigenvalue weighted by Gasteiger charge is -2.08. The van der Waals surface area contributed by atoms with Crippen molar-refractivity contribution in [1.82, 2.24) is 10.3 Å². The Morgan fingerprint density at radius 2 is 1.71 bits per heavy atom. The van der Waals surface area contributed by atoms with Gasteiger partial charge >= 0.3 is 0 Å². The molecule has 0 unspecified atom stereocenters. The van der Waals surface area contributed by atoms with Crippen molar-refractivity contribution in [3.63, 3.8) is 0 Å². The second-order valence-corrected chi connectivity index (χ2v) is 6.77. The second kappa shape index (κ2) is 9.08. The third-order valence-corrected chi connectivity index (χ3v) is 4.52. The van der Waals surface area contributed by atoms with E-state index >= 15 is 0 Å². The molecule has 2 aromatic carbocycles. The fourth-order valence-corrected chi connectivity index (χ4v) is 3.02. The van der Waals surface area contributed by atoms with E-state index in [1.807, 2.05) is 54.6 Å². The largest absolute Gasteiger partial charge is 0.490 e. The third kappa shape index (κ3) is 5.05. The van der Waals surface area contributed by atoms with Gasteiger partial charge in [0.2, 0.25) is 0 Å². The van der Waals surface area contributed by atoms with Crippen LogP contribution in [0, 0.1) is 0 Å². The first-order chi connectivity index (χ1) is 15.1. The van der Waals surface area contributed by atoms with Gasteiger partial charge in [-0.25, -0.2) is 4.98 Å². The summed E-state index contributed by atoms with van der Waals surface area (Å²) < 4.78 is 17.2. The fourth-order valence-electron chi connectivity index (χ4n) is 3.02. The summed E-state index contributed by atoms with van der Waals surface area (Å²) in [6, 6.07) is 20.1. The SMILES string of the molecule is Nc1ccc(C(=O)NCc2cc3ccc(OCCOc4ccccc4)cc3o2)c(N)n1. The minimum Gasteiger partial charge on any atom is -0.490 e. The standard InChI is InChI=1S/C23H22N4O4/c24-21-9-8-19(22(25)27-21)23(28)26-14-18-12-15-6-7-17(13-20(15)31-18)30-11-10-29-16-4-2-1-3-5-16/h1-9,12-13H,10-11,14H2,(H,26,28)(H4,24,25,27). The van der Waals surface area contributed by atoms with Crippen LogP contribution < -0.4 is 26.3 Å². The lowest BCUT2D eigenvalue weighted by molar-refractivity contribution is 0.0949. The summed E-state index contributed by atoms with van der Waals surface area (Å²) in [7, 11) is 0. The predicted octanol–water partition coefficient (Wildman–Crippen LogP) is 3.38. The molecule has 0 bridgehead atoms. The number of nitrogen functional groups attached to an aromatic ring is 2. The molecule has 2 heterocycles. The number of anilines is 2. The minimum absolute atomic E-state index is 0.0835. The molecular weight excluding hydrogens is 396 g/mol. The summed E-state index contributed by atoms with van der Waals surface area (Å²) in [4.78, 5) is 16.2. The number of ether oxygens (including phenoxy) is 2. The Kier molecular flexibility index (Phi) is 5.89. The van der Waals surface area contributed by atoms with Gasteiger partial charge in [-0.3, -0.25) is 4.79 Å². The van der Waals surface area contributed by atoms with Crippen molar-refractivity contribution in [2.24, 2.45) is 0 Å². The van der Waals surface area contributed by atoms with Gasteiger partial charge in [-0.2, -0.15) is 0 Å². The molecule has 0 radical (unpaired) electrons. The van der Waals surface area contributed by atoms with Gasteiger partial charge < -0.3 is 30.7 Å². The van der Waals surface area contributed by atoms with E-state index in [9.17, 15) is 4.79 Å². The topological polar surface area (TPSA) is 126 Å². The number of para-hydroxylation sites is 1. The number of pyridine rings is 1. The molecule has 158 valence electrons. The summed E-state index contributed by atoms with van der Waals surface area (Å²) in [5.41, 5.74) is 12.2. The Hall–Kier alpha value is -4.20. The molecule has 0 saturated carbocycles. The van der Waals surface area contributed by atoms with Crippen molar-refractivity contribution >= 4 is 28.5 Å². The lowest BCUT2D eigenvalue weighted by Crippen LogP contribution is -2.24. The molecule has 0 aliphatic carbocycles. The van der Waals surface area contributed by atoms with E-state index in [1.165, 1.54) is 12.1 Å². The number of hydrogen-bond donors (Lipinski definition) is 3. The van der Waals surface area contributed by atoms with Crippen LogP contribution in [0.2, 0.25) is 0 Å². The highest BCUT2D eigenvalue weighted by Gasteiger charge is 2.12. The van der Waals surface area contributed by atoms with Crippen molar-refractivity contribution in [3.8, 4) is 11.5 Å². The van der Waals surface area contributed by atoms with Crippen LogP contribution in [0.15, 0.2) is 71.1 Å². The van der Waals surface area contributed by atoms with Gasteiger partial charge in [0.1, 0.15) is 47.7 Å². The summed E-state index contributed by atoms with van der Waals surface area (Å²) in [6.07, 6.45) is 0. The number of fused-ring (bicyclic) bond motifs is 1. The number of carbonyl (C=O) groups excluding carboxylic acids is 1. The van der Waals surface area contributed by atoms with Crippen molar-refractivity contribution in [3.05, 3.63) is 78.1 Å². The van der Waals surface area contributed by atoms with Crippen LogP contribution in [-0.4, -0.2) is 24.1 Å². The van der Waals surface area contributed by atoms with Crippen LogP contribution in [0.1, 0.15) is 16.1 Å². The average molecular weight is 418 g/mol. The molecule has 0 aliphatic rings. The molecule has 4 aromatic rings. The number of furan rings is 1. The highest BCUT2D eigenvalue weighted by molar-refractivity contribution is 5.98. The smallest absolute Gasteiger partial charge is 0.255 e. The molecule has 8 nitrogen and oxygen atoms in total. The van der Waals surface area contributed by atoms with Gasteiger partial charge in [0.15, 0.2) is 0 Å². The summed E-state index contributed by atoms with van der Waals surface area (Å²) in [5.74, 6) is 2.07. The molecule has 0 aliphatic heterocycles. The van der Waals surface area contributed by atoms with Crippen LogP contribution in [0.4, 0.5) is 11.6 Å². The Morgan fingerprint density at radius 1 is 0.935 bits per heavy atom. The Morgan fingerprint density at radius 3 is 2.48 bits per heavy atom. The predicted molar refractivity (Wildman–Crippen MR) is 118 cm³/mol. The zero-order valence-corrected chi connectivity index (χ0v) is 16.7.